The van der Waals surface area contributed by atoms with Crippen LogP contribution in [0.3, 0.4) is 0 Å². The first-order chi connectivity index (χ1) is 8.19. The molecule has 1 N–H and O–H groups in total. The lowest BCUT2D eigenvalue weighted by Crippen LogP contribution is -2.63. The Morgan fingerprint density at radius 1 is 1.29 bits per heavy atom. The van der Waals surface area contributed by atoms with Gasteiger partial charge in [-0.15, -0.1) is 0 Å². The van der Waals surface area contributed by atoms with Gasteiger partial charge < -0.3 is 0 Å². The Hall–Kier alpha value is -0.900. The summed E-state index contributed by atoms with van der Waals surface area (Å²) in [5, 5.41) is 8.55. The maximum absolute atomic E-state index is 8.55. The van der Waals surface area contributed by atoms with E-state index in [-0.39, 0.29) is 6.10 Å². The molecule has 3 heteroatoms. The van der Waals surface area contributed by atoms with Gasteiger partial charge in [-0.25, -0.2) is 4.89 Å². The molecule has 1 spiro atoms. The number of benzene rings is 1. The molecule has 1 aromatic carbocycles. The standard InChI is InChI=1S/C14H19NO2/c1-11-2-4-12(5-3-11)8-15-9-14(10-15)6-13(7-14)17-16/h2-5,13,16H,6-10H2,1H3. The molecule has 3 nitrogen and oxygen atoms in total. The average Bonchev–Trinajstić information content (AvgIpc) is 2.22. The molecule has 1 saturated carbocycles. The Morgan fingerprint density at radius 2 is 1.94 bits per heavy atom. The Labute approximate surface area is 102 Å². The summed E-state index contributed by atoms with van der Waals surface area (Å²) in [6.07, 6.45) is 2.14. The third kappa shape index (κ3) is 2.10. The summed E-state index contributed by atoms with van der Waals surface area (Å²) >= 11 is 0. The lowest BCUT2D eigenvalue weighted by atomic mass is 9.62. The minimum atomic E-state index is 0.0940. The van der Waals surface area contributed by atoms with E-state index in [0.29, 0.717) is 5.41 Å². The van der Waals surface area contributed by atoms with E-state index < -0.39 is 0 Å². The molecule has 0 atom stereocenters. The van der Waals surface area contributed by atoms with Crippen LogP contribution in [0.2, 0.25) is 0 Å². The second-order valence-corrected chi connectivity index (χ2v) is 5.77. The van der Waals surface area contributed by atoms with E-state index in [9.17, 15) is 0 Å². The molecular formula is C14H19NO2. The fourth-order valence-electron chi connectivity index (χ4n) is 3.20. The molecule has 17 heavy (non-hydrogen) atoms. The zero-order chi connectivity index (χ0) is 11.9. The predicted molar refractivity (Wildman–Crippen MR) is 65.6 cm³/mol. The number of hydrogen-bond donors (Lipinski definition) is 1. The monoisotopic (exact) mass is 233 g/mol. The van der Waals surface area contributed by atoms with Gasteiger partial charge >= 0.3 is 0 Å². The summed E-state index contributed by atoms with van der Waals surface area (Å²) in [5.74, 6) is 0. The van der Waals surface area contributed by atoms with Crippen LogP contribution >= 0.6 is 0 Å². The third-order valence-electron chi connectivity index (χ3n) is 4.12. The quantitative estimate of drug-likeness (QED) is 0.643. The summed E-state index contributed by atoms with van der Waals surface area (Å²) in [5.41, 5.74) is 3.16. The van der Waals surface area contributed by atoms with Crippen molar-refractivity contribution in [3.63, 3.8) is 0 Å². The summed E-state index contributed by atoms with van der Waals surface area (Å²) < 4.78 is 0. The van der Waals surface area contributed by atoms with Crippen LogP contribution in [0.4, 0.5) is 0 Å². The summed E-state index contributed by atoms with van der Waals surface area (Å²) in [7, 11) is 0. The fourth-order valence-corrected chi connectivity index (χ4v) is 3.20. The van der Waals surface area contributed by atoms with E-state index in [2.05, 4.69) is 41.0 Å². The Kier molecular flexibility index (Phi) is 2.69. The van der Waals surface area contributed by atoms with Crippen LogP contribution < -0.4 is 0 Å². The summed E-state index contributed by atoms with van der Waals surface area (Å²) in [4.78, 5) is 6.84. The topological polar surface area (TPSA) is 32.7 Å². The molecule has 2 fully saturated rings. The van der Waals surface area contributed by atoms with Gasteiger partial charge in [0.2, 0.25) is 0 Å². The van der Waals surface area contributed by atoms with Crippen LogP contribution in [0.1, 0.15) is 24.0 Å². The highest BCUT2D eigenvalue weighted by atomic mass is 17.1. The second-order valence-electron chi connectivity index (χ2n) is 5.77. The molecule has 92 valence electrons. The molecule has 3 rings (SSSR count). The summed E-state index contributed by atoms with van der Waals surface area (Å²) in [6.45, 7) is 5.47. The van der Waals surface area contributed by atoms with Crippen molar-refractivity contribution in [3.8, 4) is 0 Å². The first kappa shape index (κ1) is 11.2. The third-order valence-corrected chi connectivity index (χ3v) is 4.12. The van der Waals surface area contributed by atoms with Crippen molar-refractivity contribution in [1.82, 2.24) is 4.90 Å². The molecule has 1 saturated heterocycles. The average molecular weight is 233 g/mol. The first-order valence-electron chi connectivity index (χ1n) is 6.27. The van der Waals surface area contributed by atoms with Crippen LogP contribution in [-0.2, 0) is 11.4 Å². The highest BCUT2D eigenvalue weighted by molar-refractivity contribution is 5.22. The van der Waals surface area contributed by atoms with E-state index in [4.69, 9.17) is 5.26 Å². The molecule has 1 aliphatic heterocycles. The predicted octanol–water partition coefficient (Wildman–Crippen LogP) is 2.45. The lowest BCUT2D eigenvalue weighted by Gasteiger charge is -2.58. The van der Waals surface area contributed by atoms with Gasteiger partial charge in [-0.2, -0.15) is 0 Å². The number of rotatable bonds is 3. The Morgan fingerprint density at radius 3 is 2.53 bits per heavy atom. The molecule has 0 radical (unpaired) electrons. The normalized spacial score (nSPS) is 23.4. The highest BCUT2D eigenvalue weighted by Crippen LogP contribution is 2.49. The van der Waals surface area contributed by atoms with Crippen LogP contribution in [0.25, 0.3) is 0 Å². The Balaban J connectivity index is 1.49. The van der Waals surface area contributed by atoms with Crippen molar-refractivity contribution in [3.05, 3.63) is 35.4 Å². The van der Waals surface area contributed by atoms with Gasteiger partial charge in [-0.05, 0) is 25.3 Å². The van der Waals surface area contributed by atoms with Gasteiger partial charge in [0.1, 0.15) is 0 Å². The van der Waals surface area contributed by atoms with Gasteiger partial charge in [0.05, 0.1) is 6.10 Å². The van der Waals surface area contributed by atoms with Crippen LogP contribution in [0.15, 0.2) is 24.3 Å². The SMILES string of the molecule is Cc1ccc(CN2CC3(CC(OO)C3)C2)cc1. The van der Waals surface area contributed by atoms with Crippen molar-refractivity contribution in [2.75, 3.05) is 13.1 Å². The summed E-state index contributed by atoms with van der Waals surface area (Å²) in [6, 6.07) is 8.76. The zero-order valence-corrected chi connectivity index (χ0v) is 10.2. The van der Waals surface area contributed by atoms with Crippen LogP contribution in [0.5, 0.6) is 0 Å². The molecule has 0 amide bonds. The van der Waals surface area contributed by atoms with Crippen molar-refractivity contribution < 1.29 is 10.1 Å². The Bertz CT molecular complexity index is 387. The van der Waals surface area contributed by atoms with E-state index in [1.54, 1.807) is 0 Å². The van der Waals surface area contributed by atoms with Crippen molar-refractivity contribution in [2.24, 2.45) is 5.41 Å². The van der Waals surface area contributed by atoms with Crippen molar-refractivity contribution >= 4 is 0 Å². The minimum absolute atomic E-state index is 0.0940. The molecule has 1 aliphatic carbocycles. The van der Waals surface area contributed by atoms with Gasteiger partial charge in [0.25, 0.3) is 0 Å². The number of nitrogens with zero attached hydrogens (tertiary/aromatic N) is 1. The van der Waals surface area contributed by atoms with Gasteiger partial charge in [-0.1, -0.05) is 29.8 Å². The maximum atomic E-state index is 8.55. The van der Waals surface area contributed by atoms with Gasteiger partial charge in [-0.3, -0.25) is 10.2 Å². The molecule has 2 aliphatic rings. The van der Waals surface area contributed by atoms with E-state index in [1.165, 1.54) is 11.1 Å². The number of likely N-dealkylation sites (tertiary alicyclic amines) is 1. The van der Waals surface area contributed by atoms with Gasteiger partial charge in [0.15, 0.2) is 0 Å². The van der Waals surface area contributed by atoms with Crippen molar-refractivity contribution in [1.29, 1.82) is 0 Å². The molecular weight excluding hydrogens is 214 g/mol. The molecule has 1 aromatic rings. The van der Waals surface area contributed by atoms with E-state index in [1.807, 2.05) is 0 Å². The molecule has 0 bridgehead atoms. The largest absolute Gasteiger partial charge is 0.298 e. The molecule has 0 unspecified atom stereocenters. The second kappa shape index (κ2) is 4.09. The first-order valence-corrected chi connectivity index (χ1v) is 6.27. The highest BCUT2D eigenvalue weighted by Gasteiger charge is 2.52. The lowest BCUT2D eigenvalue weighted by molar-refractivity contribution is -0.323. The van der Waals surface area contributed by atoms with E-state index in [0.717, 1.165) is 32.5 Å². The fraction of sp³-hybridized carbons (Fsp3) is 0.571. The number of hydrogen-bond acceptors (Lipinski definition) is 3. The van der Waals surface area contributed by atoms with Crippen molar-refractivity contribution in [2.45, 2.75) is 32.4 Å². The smallest absolute Gasteiger partial charge is 0.0939 e. The zero-order valence-electron chi connectivity index (χ0n) is 10.2. The van der Waals surface area contributed by atoms with Crippen LogP contribution in [0, 0.1) is 12.3 Å². The van der Waals surface area contributed by atoms with Gasteiger partial charge in [0, 0.05) is 25.0 Å². The van der Waals surface area contributed by atoms with E-state index >= 15 is 0 Å². The molecule has 0 aromatic heterocycles. The van der Waals surface area contributed by atoms with Crippen LogP contribution in [-0.4, -0.2) is 29.4 Å². The molecule has 1 heterocycles. The minimum Gasteiger partial charge on any atom is -0.298 e. The number of aryl methyl sites for hydroxylation is 1. The maximum Gasteiger partial charge on any atom is 0.0939 e.